The minimum atomic E-state index is -0.303. The van der Waals surface area contributed by atoms with E-state index in [-0.39, 0.29) is 23.5 Å². The van der Waals surface area contributed by atoms with E-state index in [1.165, 1.54) is 23.9 Å². The first-order valence-corrected chi connectivity index (χ1v) is 9.05. The van der Waals surface area contributed by atoms with Gasteiger partial charge >= 0.3 is 0 Å². The van der Waals surface area contributed by atoms with Crippen molar-refractivity contribution in [3.63, 3.8) is 0 Å². The highest BCUT2D eigenvalue weighted by Crippen LogP contribution is 2.23. The summed E-state index contributed by atoms with van der Waals surface area (Å²) in [5.41, 5.74) is 0.763. The van der Waals surface area contributed by atoms with E-state index in [0.717, 1.165) is 5.56 Å². The van der Waals surface area contributed by atoms with Crippen molar-refractivity contribution in [2.45, 2.75) is 25.0 Å². The molecule has 2 aromatic heterocycles. The molecule has 9 heteroatoms. The van der Waals surface area contributed by atoms with Crippen LogP contribution in [0.1, 0.15) is 19.9 Å². The van der Waals surface area contributed by atoms with Crippen LogP contribution in [0.25, 0.3) is 11.4 Å². The predicted molar refractivity (Wildman–Crippen MR) is 98.4 cm³/mol. The molecule has 136 valence electrons. The zero-order valence-electron chi connectivity index (χ0n) is 14.7. The number of halogens is 1. The average Bonchev–Trinajstić information content (AvgIpc) is 3.21. The van der Waals surface area contributed by atoms with Gasteiger partial charge in [0.1, 0.15) is 11.6 Å². The Kier molecular flexibility index (Phi) is 5.36. The molecule has 2 heterocycles. The predicted octanol–water partition coefficient (Wildman–Crippen LogP) is 3.13. The van der Waals surface area contributed by atoms with Crippen LogP contribution in [0, 0.1) is 5.82 Å². The van der Waals surface area contributed by atoms with Crippen LogP contribution in [0.4, 0.5) is 10.2 Å². The second kappa shape index (κ2) is 7.69. The van der Waals surface area contributed by atoms with E-state index in [2.05, 4.69) is 20.6 Å². The molecule has 0 unspecified atom stereocenters. The van der Waals surface area contributed by atoms with Gasteiger partial charge in [-0.2, -0.15) is 5.10 Å². The molecular formula is C17H19FN6OS. The highest BCUT2D eigenvalue weighted by Gasteiger charge is 2.14. The molecule has 26 heavy (non-hydrogen) atoms. The third-order valence-electron chi connectivity index (χ3n) is 3.70. The number of carbonyl (C=O) groups is 1. The Labute approximate surface area is 154 Å². The first-order chi connectivity index (χ1) is 12.5. The topological polar surface area (TPSA) is 77.6 Å². The summed E-state index contributed by atoms with van der Waals surface area (Å²) in [6.07, 6.45) is 1.65. The average molecular weight is 374 g/mol. The molecule has 0 bridgehead atoms. The summed E-state index contributed by atoms with van der Waals surface area (Å²) >= 11 is 1.28. The van der Waals surface area contributed by atoms with E-state index in [4.69, 9.17) is 0 Å². The third kappa shape index (κ3) is 3.93. The molecule has 0 saturated carbocycles. The van der Waals surface area contributed by atoms with Gasteiger partial charge < -0.3 is 9.88 Å². The number of hydrogen-bond acceptors (Lipinski definition) is 5. The minimum absolute atomic E-state index is 0.149. The molecule has 7 nitrogen and oxygen atoms in total. The van der Waals surface area contributed by atoms with E-state index in [0.29, 0.717) is 16.8 Å². The minimum Gasteiger partial charge on any atom is -0.310 e. The Morgan fingerprint density at radius 1 is 1.23 bits per heavy atom. The lowest BCUT2D eigenvalue weighted by Crippen LogP contribution is -2.18. The van der Waals surface area contributed by atoms with Crippen LogP contribution in [-0.2, 0) is 11.8 Å². The van der Waals surface area contributed by atoms with Crippen molar-refractivity contribution in [3.05, 3.63) is 42.3 Å². The number of carbonyl (C=O) groups excluding carboxylic acids is 1. The monoisotopic (exact) mass is 374 g/mol. The number of hydrogen-bond donors (Lipinski definition) is 1. The second-order valence-electron chi connectivity index (χ2n) is 5.96. The molecule has 3 rings (SSSR count). The standard InChI is InChI=1S/C17H19FN6OS/c1-11(2)24-14(8-9-19-24)20-15(25)10-26-17-22-21-16(23(17)3)12-4-6-13(18)7-5-12/h4-9,11H,10H2,1-3H3,(H,20,25). The van der Waals surface area contributed by atoms with E-state index >= 15 is 0 Å². The molecule has 0 aliphatic heterocycles. The Hall–Kier alpha value is -2.68. The Balaban J connectivity index is 1.64. The van der Waals surface area contributed by atoms with Crippen molar-refractivity contribution in [1.29, 1.82) is 0 Å². The van der Waals surface area contributed by atoms with Gasteiger partial charge in [0.15, 0.2) is 11.0 Å². The van der Waals surface area contributed by atoms with Crippen LogP contribution in [-0.4, -0.2) is 36.2 Å². The van der Waals surface area contributed by atoms with Crippen molar-refractivity contribution >= 4 is 23.5 Å². The number of aromatic nitrogens is 5. The van der Waals surface area contributed by atoms with Crippen LogP contribution in [0.5, 0.6) is 0 Å². The van der Waals surface area contributed by atoms with Crippen LogP contribution in [0.15, 0.2) is 41.7 Å². The van der Waals surface area contributed by atoms with E-state index in [1.54, 1.807) is 33.6 Å². The molecule has 0 saturated heterocycles. The molecule has 1 aromatic carbocycles. The van der Waals surface area contributed by atoms with Gasteiger partial charge in [0.25, 0.3) is 0 Å². The SMILES string of the molecule is CC(C)n1nccc1NC(=O)CSc1nnc(-c2ccc(F)cc2)n1C. The third-order valence-corrected chi connectivity index (χ3v) is 4.72. The fourth-order valence-electron chi connectivity index (χ4n) is 2.42. The molecular weight excluding hydrogens is 355 g/mol. The second-order valence-corrected chi connectivity index (χ2v) is 6.91. The quantitative estimate of drug-likeness (QED) is 0.671. The molecule has 1 amide bonds. The molecule has 0 fully saturated rings. The molecule has 0 spiro atoms. The summed E-state index contributed by atoms with van der Waals surface area (Å²) in [6.45, 7) is 3.99. The smallest absolute Gasteiger partial charge is 0.235 e. The maximum Gasteiger partial charge on any atom is 0.235 e. The number of anilines is 1. The van der Waals surface area contributed by atoms with Gasteiger partial charge in [-0.3, -0.25) is 4.79 Å². The van der Waals surface area contributed by atoms with Gasteiger partial charge in [-0.25, -0.2) is 9.07 Å². The fourth-order valence-corrected chi connectivity index (χ4v) is 3.14. The molecule has 1 N–H and O–H groups in total. The van der Waals surface area contributed by atoms with Gasteiger partial charge in [-0.1, -0.05) is 11.8 Å². The van der Waals surface area contributed by atoms with Gasteiger partial charge in [0, 0.05) is 24.7 Å². The van der Waals surface area contributed by atoms with Gasteiger partial charge in [-0.15, -0.1) is 10.2 Å². The summed E-state index contributed by atoms with van der Waals surface area (Å²) in [5.74, 6) is 1.02. The van der Waals surface area contributed by atoms with E-state index in [9.17, 15) is 9.18 Å². The summed E-state index contributed by atoms with van der Waals surface area (Å²) in [4.78, 5) is 12.2. The fraction of sp³-hybridized carbons (Fsp3) is 0.294. The highest BCUT2D eigenvalue weighted by atomic mass is 32.2. The lowest BCUT2D eigenvalue weighted by atomic mass is 10.2. The van der Waals surface area contributed by atoms with Crippen molar-refractivity contribution < 1.29 is 9.18 Å². The maximum absolute atomic E-state index is 13.1. The van der Waals surface area contributed by atoms with Crippen molar-refractivity contribution in [3.8, 4) is 11.4 Å². The summed E-state index contributed by atoms with van der Waals surface area (Å²) in [6, 6.07) is 7.97. The van der Waals surface area contributed by atoms with Crippen LogP contribution in [0.3, 0.4) is 0 Å². The van der Waals surface area contributed by atoms with Crippen molar-refractivity contribution in [2.24, 2.45) is 7.05 Å². The maximum atomic E-state index is 13.1. The summed E-state index contributed by atoms with van der Waals surface area (Å²) in [7, 11) is 1.81. The van der Waals surface area contributed by atoms with Gasteiger partial charge in [0.05, 0.1) is 11.9 Å². The van der Waals surface area contributed by atoms with Crippen LogP contribution >= 0.6 is 11.8 Å². The number of nitrogens with zero attached hydrogens (tertiary/aromatic N) is 5. The Morgan fingerprint density at radius 2 is 1.96 bits per heavy atom. The first kappa shape index (κ1) is 18.1. The van der Waals surface area contributed by atoms with E-state index in [1.807, 2.05) is 20.9 Å². The molecule has 0 atom stereocenters. The number of nitrogens with one attached hydrogen (secondary N) is 1. The molecule has 0 radical (unpaired) electrons. The molecule has 0 aliphatic rings. The number of benzene rings is 1. The van der Waals surface area contributed by atoms with Crippen LogP contribution < -0.4 is 5.32 Å². The summed E-state index contributed by atoms with van der Waals surface area (Å²) < 4.78 is 16.6. The molecule has 0 aliphatic carbocycles. The van der Waals surface area contributed by atoms with Gasteiger partial charge in [0.2, 0.25) is 5.91 Å². The zero-order valence-corrected chi connectivity index (χ0v) is 15.5. The van der Waals surface area contributed by atoms with Gasteiger partial charge in [-0.05, 0) is 38.1 Å². The first-order valence-electron chi connectivity index (χ1n) is 8.07. The zero-order chi connectivity index (χ0) is 18.7. The highest BCUT2D eigenvalue weighted by molar-refractivity contribution is 7.99. The summed E-state index contributed by atoms with van der Waals surface area (Å²) in [5, 5.41) is 15.9. The lowest BCUT2D eigenvalue weighted by Gasteiger charge is -2.11. The Morgan fingerprint density at radius 3 is 2.65 bits per heavy atom. The normalized spacial score (nSPS) is 11.1. The van der Waals surface area contributed by atoms with Crippen molar-refractivity contribution in [1.82, 2.24) is 24.5 Å². The van der Waals surface area contributed by atoms with Crippen LogP contribution in [0.2, 0.25) is 0 Å². The molecule has 3 aromatic rings. The number of thioether (sulfide) groups is 1. The van der Waals surface area contributed by atoms with E-state index < -0.39 is 0 Å². The number of amides is 1. The largest absolute Gasteiger partial charge is 0.310 e. The number of rotatable bonds is 6. The van der Waals surface area contributed by atoms with Crippen molar-refractivity contribution in [2.75, 3.05) is 11.1 Å². The lowest BCUT2D eigenvalue weighted by molar-refractivity contribution is -0.113. The Bertz CT molecular complexity index is 902.